The fourth-order valence-electron chi connectivity index (χ4n) is 3.24. The Kier molecular flexibility index (Phi) is 5.37. The second kappa shape index (κ2) is 7.69. The van der Waals surface area contributed by atoms with Crippen LogP contribution in [-0.2, 0) is 13.0 Å². The van der Waals surface area contributed by atoms with Crippen molar-refractivity contribution in [1.29, 1.82) is 0 Å². The Morgan fingerprint density at radius 1 is 1.04 bits per heavy atom. The summed E-state index contributed by atoms with van der Waals surface area (Å²) in [7, 11) is 0. The molecule has 134 valence electrons. The molecule has 4 N–H and O–H groups in total. The van der Waals surface area contributed by atoms with Gasteiger partial charge in [-0.3, -0.25) is 4.90 Å². The second-order valence-electron chi connectivity index (χ2n) is 6.46. The van der Waals surface area contributed by atoms with Crippen LogP contribution in [0.2, 0.25) is 0 Å². The van der Waals surface area contributed by atoms with E-state index in [0.29, 0.717) is 30.3 Å². The number of likely N-dealkylation sites (tertiary alicyclic amines) is 1. The van der Waals surface area contributed by atoms with Crippen LogP contribution in [0.25, 0.3) is 0 Å². The van der Waals surface area contributed by atoms with Crippen LogP contribution in [0.1, 0.15) is 30.7 Å². The van der Waals surface area contributed by atoms with Gasteiger partial charge in [-0.1, -0.05) is 6.07 Å². The average molecular weight is 348 g/mol. The Bertz CT molecular complexity index is 711. The Balaban J connectivity index is 1.47. The van der Waals surface area contributed by atoms with E-state index in [0.717, 1.165) is 38.4 Å². The number of piperidine rings is 1. The van der Waals surface area contributed by atoms with Gasteiger partial charge >= 0.3 is 0 Å². The highest BCUT2D eigenvalue weighted by Crippen LogP contribution is 2.24. The summed E-state index contributed by atoms with van der Waals surface area (Å²) in [6, 6.07) is 3.80. The van der Waals surface area contributed by atoms with Crippen molar-refractivity contribution in [2.45, 2.75) is 32.2 Å². The summed E-state index contributed by atoms with van der Waals surface area (Å²) in [5.74, 6) is 0.403. The van der Waals surface area contributed by atoms with E-state index in [4.69, 9.17) is 11.5 Å². The zero-order valence-corrected chi connectivity index (χ0v) is 14.0. The molecular weight excluding hydrogens is 326 g/mol. The lowest BCUT2D eigenvalue weighted by molar-refractivity contribution is 0.169. The molecule has 1 aromatic heterocycles. The molecule has 1 aromatic carbocycles. The van der Waals surface area contributed by atoms with Gasteiger partial charge in [0.05, 0.1) is 6.54 Å². The van der Waals surface area contributed by atoms with Crippen molar-refractivity contribution in [2.24, 2.45) is 5.92 Å². The molecule has 1 saturated heterocycles. The van der Waals surface area contributed by atoms with E-state index < -0.39 is 11.6 Å². The number of halogens is 2. The third kappa shape index (κ3) is 4.82. The first-order chi connectivity index (χ1) is 12.0. The molecule has 0 amide bonds. The molecule has 0 bridgehead atoms. The van der Waals surface area contributed by atoms with Crippen LogP contribution >= 0.6 is 0 Å². The fraction of sp³-hybridized carbons (Fsp3) is 0.471. The molecule has 0 unspecified atom stereocenters. The predicted molar refractivity (Wildman–Crippen MR) is 91.3 cm³/mol. The first-order valence-corrected chi connectivity index (χ1v) is 8.42. The standard InChI is InChI=1S/C17H22F2N6/c18-13-4-3-12(14(19)9-13)2-1-11-5-7-25(8-6-11)10-15-22-16(20)24-17(21)23-15/h3-4,9,11H,1-2,5-8,10H2,(H4,20,21,22,23,24). The summed E-state index contributed by atoms with van der Waals surface area (Å²) in [5, 5.41) is 0. The molecule has 1 aliphatic heterocycles. The lowest BCUT2D eigenvalue weighted by Gasteiger charge is -2.31. The van der Waals surface area contributed by atoms with Crippen molar-refractivity contribution in [3.63, 3.8) is 0 Å². The summed E-state index contributed by atoms with van der Waals surface area (Å²) >= 11 is 0. The number of hydrogen-bond acceptors (Lipinski definition) is 6. The van der Waals surface area contributed by atoms with Gasteiger partial charge in [0, 0.05) is 6.07 Å². The van der Waals surface area contributed by atoms with Crippen LogP contribution in [0.15, 0.2) is 18.2 Å². The molecule has 0 aliphatic carbocycles. The molecule has 3 rings (SSSR count). The largest absolute Gasteiger partial charge is 0.368 e. The van der Waals surface area contributed by atoms with Crippen LogP contribution in [0, 0.1) is 17.6 Å². The van der Waals surface area contributed by atoms with E-state index in [1.165, 1.54) is 12.1 Å². The van der Waals surface area contributed by atoms with Gasteiger partial charge in [0.2, 0.25) is 11.9 Å². The molecule has 0 radical (unpaired) electrons. The van der Waals surface area contributed by atoms with Crippen molar-refractivity contribution in [2.75, 3.05) is 24.6 Å². The minimum absolute atomic E-state index is 0.138. The minimum Gasteiger partial charge on any atom is -0.368 e. The van der Waals surface area contributed by atoms with Crippen LogP contribution in [-0.4, -0.2) is 32.9 Å². The third-order valence-corrected chi connectivity index (χ3v) is 4.63. The number of nitrogens with two attached hydrogens (primary N) is 2. The molecule has 2 aromatic rings. The third-order valence-electron chi connectivity index (χ3n) is 4.63. The van der Waals surface area contributed by atoms with Gasteiger partial charge in [0.15, 0.2) is 0 Å². The fourth-order valence-corrected chi connectivity index (χ4v) is 3.24. The highest BCUT2D eigenvalue weighted by Gasteiger charge is 2.20. The molecule has 8 heteroatoms. The number of anilines is 2. The van der Waals surface area contributed by atoms with E-state index >= 15 is 0 Å². The maximum absolute atomic E-state index is 13.7. The number of rotatable bonds is 5. The lowest BCUT2D eigenvalue weighted by Crippen LogP contribution is -2.34. The first kappa shape index (κ1) is 17.5. The zero-order chi connectivity index (χ0) is 17.8. The quantitative estimate of drug-likeness (QED) is 0.860. The Morgan fingerprint density at radius 2 is 1.72 bits per heavy atom. The highest BCUT2D eigenvalue weighted by molar-refractivity contribution is 5.25. The molecule has 25 heavy (non-hydrogen) atoms. The number of hydrogen-bond donors (Lipinski definition) is 2. The Morgan fingerprint density at radius 3 is 2.36 bits per heavy atom. The molecule has 0 atom stereocenters. The average Bonchev–Trinajstić information content (AvgIpc) is 2.54. The number of nitrogens with zero attached hydrogens (tertiary/aromatic N) is 4. The van der Waals surface area contributed by atoms with Crippen molar-refractivity contribution in [1.82, 2.24) is 19.9 Å². The lowest BCUT2D eigenvalue weighted by atomic mass is 9.90. The van der Waals surface area contributed by atoms with Crippen LogP contribution in [0.5, 0.6) is 0 Å². The summed E-state index contributed by atoms with van der Waals surface area (Å²) in [4.78, 5) is 14.2. The Hall–Kier alpha value is -2.35. The number of aryl methyl sites for hydroxylation is 1. The molecule has 1 aliphatic rings. The van der Waals surface area contributed by atoms with E-state index in [2.05, 4.69) is 19.9 Å². The summed E-state index contributed by atoms with van der Waals surface area (Å²) in [6.07, 6.45) is 3.59. The minimum atomic E-state index is -0.533. The SMILES string of the molecule is Nc1nc(N)nc(CN2CCC(CCc3ccc(F)cc3F)CC2)n1. The number of aromatic nitrogens is 3. The maximum Gasteiger partial charge on any atom is 0.225 e. The summed E-state index contributed by atoms with van der Waals surface area (Å²) in [5.41, 5.74) is 11.8. The second-order valence-corrected chi connectivity index (χ2v) is 6.46. The molecule has 2 heterocycles. The van der Waals surface area contributed by atoms with E-state index in [1.807, 2.05) is 0 Å². The van der Waals surface area contributed by atoms with Crippen molar-refractivity contribution >= 4 is 11.9 Å². The van der Waals surface area contributed by atoms with Crippen molar-refractivity contribution < 1.29 is 8.78 Å². The number of benzene rings is 1. The van der Waals surface area contributed by atoms with Crippen LogP contribution < -0.4 is 11.5 Å². The maximum atomic E-state index is 13.7. The first-order valence-electron chi connectivity index (χ1n) is 8.42. The van der Waals surface area contributed by atoms with Gasteiger partial charge in [-0.05, 0) is 56.3 Å². The van der Waals surface area contributed by atoms with Gasteiger partial charge < -0.3 is 11.5 Å². The summed E-state index contributed by atoms with van der Waals surface area (Å²) < 4.78 is 26.6. The van der Waals surface area contributed by atoms with E-state index in [1.54, 1.807) is 0 Å². The predicted octanol–water partition coefficient (Wildman–Crippen LogP) is 2.16. The smallest absolute Gasteiger partial charge is 0.225 e. The molecule has 1 fully saturated rings. The molecule has 0 saturated carbocycles. The van der Waals surface area contributed by atoms with Crippen molar-refractivity contribution in [3.05, 3.63) is 41.2 Å². The molecule has 0 spiro atoms. The van der Waals surface area contributed by atoms with E-state index in [9.17, 15) is 8.78 Å². The zero-order valence-electron chi connectivity index (χ0n) is 14.0. The van der Waals surface area contributed by atoms with Gasteiger partial charge in [-0.25, -0.2) is 8.78 Å². The molecule has 6 nitrogen and oxygen atoms in total. The van der Waals surface area contributed by atoms with Gasteiger partial charge in [0.1, 0.15) is 17.5 Å². The number of nitrogen functional groups attached to an aromatic ring is 2. The van der Waals surface area contributed by atoms with Gasteiger partial charge in [-0.2, -0.15) is 15.0 Å². The summed E-state index contributed by atoms with van der Waals surface area (Å²) in [6.45, 7) is 2.43. The van der Waals surface area contributed by atoms with E-state index in [-0.39, 0.29) is 11.9 Å². The van der Waals surface area contributed by atoms with Crippen molar-refractivity contribution in [3.8, 4) is 0 Å². The Labute approximate surface area is 145 Å². The van der Waals surface area contributed by atoms with Gasteiger partial charge in [-0.15, -0.1) is 0 Å². The normalized spacial score (nSPS) is 16.2. The van der Waals surface area contributed by atoms with Gasteiger partial charge in [0.25, 0.3) is 0 Å². The van der Waals surface area contributed by atoms with Crippen LogP contribution in [0.4, 0.5) is 20.7 Å². The topological polar surface area (TPSA) is 93.9 Å². The monoisotopic (exact) mass is 348 g/mol. The highest BCUT2D eigenvalue weighted by atomic mass is 19.1. The van der Waals surface area contributed by atoms with Crippen LogP contribution in [0.3, 0.4) is 0 Å². The molecular formula is C17H22F2N6.